The zero-order chi connectivity index (χ0) is 16.8. The van der Waals surface area contributed by atoms with Crippen LogP contribution in [0.3, 0.4) is 0 Å². The molecule has 0 atom stereocenters. The van der Waals surface area contributed by atoms with Crippen molar-refractivity contribution in [3.63, 3.8) is 0 Å². The minimum absolute atomic E-state index is 0.00915. The Morgan fingerprint density at radius 2 is 1.88 bits per heavy atom. The Morgan fingerprint density at radius 3 is 2.50 bits per heavy atom. The van der Waals surface area contributed by atoms with Gasteiger partial charge in [-0.1, -0.05) is 19.1 Å². The summed E-state index contributed by atoms with van der Waals surface area (Å²) in [5, 5.41) is 10.2. The van der Waals surface area contributed by atoms with Crippen molar-refractivity contribution in [3.8, 4) is 16.9 Å². The lowest BCUT2D eigenvalue weighted by Crippen LogP contribution is -2.20. The van der Waals surface area contributed by atoms with Gasteiger partial charge in [-0.15, -0.1) is 0 Å². The largest absolute Gasteiger partial charge is 0.508 e. The first-order valence-electron chi connectivity index (χ1n) is 8.25. The van der Waals surface area contributed by atoms with Crippen LogP contribution in [-0.4, -0.2) is 9.67 Å². The molecular weight excluding hydrogens is 305 g/mol. The molecule has 2 aromatic carbocycles. The Labute approximate surface area is 139 Å². The predicted molar refractivity (Wildman–Crippen MR) is 92.9 cm³/mol. The van der Waals surface area contributed by atoms with Crippen LogP contribution in [0.4, 0.5) is 4.39 Å². The van der Waals surface area contributed by atoms with E-state index in [-0.39, 0.29) is 23.2 Å². The molecule has 1 aliphatic rings. The second-order valence-corrected chi connectivity index (χ2v) is 6.36. The number of halogens is 1. The third-order valence-corrected chi connectivity index (χ3v) is 4.70. The van der Waals surface area contributed by atoms with Gasteiger partial charge in [0.2, 0.25) is 0 Å². The van der Waals surface area contributed by atoms with Crippen molar-refractivity contribution in [2.24, 2.45) is 0 Å². The number of fused-ring (bicyclic) bond motifs is 1. The third-order valence-electron chi connectivity index (χ3n) is 4.70. The van der Waals surface area contributed by atoms with E-state index in [1.807, 2.05) is 6.92 Å². The van der Waals surface area contributed by atoms with Crippen LogP contribution < -0.4 is 5.56 Å². The zero-order valence-corrected chi connectivity index (χ0v) is 13.4. The number of benzene rings is 2. The van der Waals surface area contributed by atoms with Crippen LogP contribution in [0.2, 0.25) is 0 Å². The second-order valence-electron chi connectivity index (χ2n) is 6.36. The molecule has 24 heavy (non-hydrogen) atoms. The van der Waals surface area contributed by atoms with Crippen molar-refractivity contribution in [1.29, 1.82) is 0 Å². The molecule has 0 amide bonds. The molecule has 0 unspecified atom stereocenters. The first-order chi connectivity index (χ1) is 11.6. The highest BCUT2D eigenvalue weighted by molar-refractivity contribution is 5.88. The summed E-state index contributed by atoms with van der Waals surface area (Å²) in [6.07, 6.45) is 2.67. The number of nitrogens with zero attached hydrogens (tertiary/aromatic N) is 1. The van der Waals surface area contributed by atoms with Crippen molar-refractivity contribution in [3.05, 3.63) is 64.2 Å². The molecule has 1 aromatic heterocycles. The van der Waals surface area contributed by atoms with Crippen molar-refractivity contribution >= 4 is 10.9 Å². The fourth-order valence-electron chi connectivity index (χ4n) is 3.30. The Hall–Kier alpha value is -2.62. The Balaban J connectivity index is 2.03. The van der Waals surface area contributed by atoms with Crippen LogP contribution in [-0.2, 0) is 6.42 Å². The van der Waals surface area contributed by atoms with E-state index in [4.69, 9.17) is 0 Å². The van der Waals surface area contributed by atoms with Crippen molar-refractivity contribution < 1.29 is 9.50 Å². The molecule has 122 valence electrons. The zero-order valence-electron chi connectivity index (χ0n) is 13.4. The van der Waals surface area contributed by atoms with E-state index < -0.39 is 0 Å². The van der Waals surface area contributed by atoms with Crippen LogP contribution in [0.1, 0.15) is 31.4 Å². The summed E-state index contributed by atoms with van der Waals surface area (Å²) < 4.78 is 16.5. The average molecular weight is 323 g/mol. The number of pyridine rings is 1. The molecule has 4 heteroatoms. The fraction of sp³-hybridized carbons (Fsp3) is 0.250. The molecule has 1 fully saturated rings. The molecule has 0 spiro atoms. The molecule has 1 saturated carbocycles. The number of aromatic nitrogens is 1. The van der Waals surface area contributed by atoms with Crippen molar-refractivity contribution in [2.45, 2.75) is 32.2 Å². The summed E-state index contributed by atoms with van der Waals surface area (Å²) >= 11 is 0. The van der Waals surface area contributed by atoms with E-state index in [1.54, 1.807) is 28.8 Å². The summed E-state index contributed by atoms with van der Waals surface area (Å²) in [6.45, 7) is 1.97. The SMILES string of the molecule is CCc1cc(=O)n(C2CC2)c2cc(-c3ccc(O)cc3)c(F)cc12. The van der Waals surface area contributed by atoms with Crippen molar-refractivity contribution in [1.82, 2.24) is 4.57 Å². The predicted octanol–water partition coefficient (Wildman–Crippen LogP) is 4.41. The van der Waals surface area contributed by atoms with Crippen LogP contribution in [0.15, 0.2) is 47.3 Å². The van der Waals surface area contributed by atoms with Gasteiger partial charge < -0.3 is 9.67 Å². The van der Waals surface area contributed by atoms with Gasteiger partial charge in [-0.25, -0.2) is 4.39 Å². The summed E-state index contributed by atoms with van der Waals surface area (Å²) in [6, 6.07) is 11.6. The first kappa shape index (κ1) is 14.9. The Morgan fingerprint density at radius 1 is 1.17 bits per heavy atom. The van der Waals surface area contributed by atoms with Crippen LogP contribution in [0.25, 0.3) is 22.0 Å². The monoisotopic (exact) mass is 323 g/mol. The number of phenols is 1. The molecule has 0 radical (unpaired) electrons. The maximum Gasteiger partial charge on any atom is 0.251 e. The summed E-state index contributed by atoms with van der Waals surface area (Å²) in [4.78, 5) is 12.5. The lowest BCUT2D eigenvalue weighted by atomic mass is 9.99. The van der Waals surface area contributed by atoms with Gasteiger partial charge in [-0.2, -0.15) is 0 Å². The van der Waals surface area contributed by atoms with Gasteiger partial charge in [-0.05, 0) is 54.7 Å². The highest BCUT2D eigenvalue weighted by Gasteiger charge is 2.27. The summed E-state index contributed by atoms with van der Waals surface area (Å²) in [5.74, 6) is -0.174. The normalized spacial score (nSPS) is 14.2. The number of rotatable bonds is 3. The van der Waals surface area contributed by atoms with Crippen LogP contribution >= 0.6 is 0 Å². The lowest BCUT2D eigenvalue weighted by Gasteiger charge is -2.15. The smallest absolute Gasteiger partial charge is 0.251 e. The van der Waals surface area contributed by atoms with E-state index in [9.17, 15) is 14.3 Å². The van der Waals surface area contributed by atoms with Gasteiger partial charge in [0.25, 0.3) is 5.56 Å². The van der Waals surface area contributed by atoms with Crippen molar-refractivity contribution in [2.75, 3.05) is 0 Å². The van der Waals surface area contributed by atoms with Gasteiger partial charge >= 0.3 is 0 Å². The van der Waals surface area contributed by atoms with Crippen LogP contribution in [0.5, 0.6) is 5.75 Å². The van der Waals surface area contributed by atoms with Gasteiger partial charge in [0.15, 0.2) is 0 Å². The van der Waals surface area contributed by atoms with E-state index in [0.717, 1.165) is 29.3 Å². The second kappa shape index (κ2) is 5.48. The Bertz CT molecular complexity index is 985. The van der Waals surface area contributed by atoms with Gasteiger partial charge in [0.1, 0.15) is 11.6 Å². The average Bonchev–Trinajstić information content (AvgIpc) is 3.39. The number of hydrogen-bond donors (Lipinski definition) is 1. The topological polar surface area (TPSA) is 42.2 Å². The number of aromatic hydroxyl groups is 1. The molecule has 1 aliphatic carbocycles. The molecule has 0 aliphatic heterocycles. The minimum Gasteiger partial charge on any atom is -0.508 e. The third kappa shape index (κ3) is 2.39. The highest BCUT2D eigenvalue weighted by Crippen LogP contribution is 2.38. The molecule has 3 aromatic rings. The number of hydrogen-bond acceptors (Lipinski definition) is 2. The molecule has 1 heterocycles. The first-order valence-corrected chi connectivity index (χ1v) is 8.25. The lowest BCUT2D eigenvalue weighted by molar-refractivity contribution is 0.475. The van der Waals surface area contributed by atoms with E-state index in [0.29, 0.717) is 17.5 Å². The molecule has 1 N–H and O–H groups in total. The highest BCUT2D eigenvalue weighted by atomic mass is 19.1. The van der Waals surface area contributed by atoms with E-state index in [1.165, 1.54) is 18.2 Å². The Kier molecular flexibility index (Phi) is 3.41. The molecule has 3 nitrogen and oxygen atoms in total. The molecule has 4 rings (SSSR count). The number of aryl methyl sites for hydroxylation is 1. The molecule has 0 saturated heterocycles. The molecule has 0 bridgehead atoms. The summed E-state index contributed by atoms with van der Waals surface area (Å²) in [5.41, 5.74) is 2.80. The van der Waals surface area contributed by atoms with Crippen LogP contribution in [0, 0.1) is 5.82 Å². The van der Waals surface area contributed by atoms with E-state index in [2.05, 4.69) is 0 Å². The maximum absolute atomic E-state index is 14.7. The van der Waals surface area contributed by atoms with Gasteiger partial charge in [0, 0.05) is 23.1 Å². The number of phenolic OH excluding ortho intramolecular Hbond substituents is 1. The van der Waals surface area contributed by atoms with Gasteiger partial charge in [0.05, 0.1) is 5.52 Å². The van der Waals surface area contributed by atoms with E-state index >= 15 is 0 Å². The fourth-order valence-corrected chi connectivity index (χ4v) is 3.30. The molecular formula is C20H18FNO2. The maximum atomic E-state index is 14.7. The quantitative estimate of drug-likeness (QED) is 0.776. The minimum atomic E-state index is -0.316. The summed E-state index contributed by atoms with van der Waals surface area (Å²) in [7, 11) is 0. The van der Waals surface area contributed by atoms with Gasteiger partial charge in [-0.3, -0.25) is 4.79 Å². The standard InChI is InChI=1S/C20H18FNO2/c1-2-12-9-20(24)22(14-5-6-14)19-11-16(18(21)10-17(12)19)13-3-7-15(23)8-4-13/h3-4,7-11,14,23H,2,5-6H2,1H3.